The molecule has 6 N–H and O–H groups in total. The average Bonchev–Trinajstić information content (AvgIpc) is 3.47. The summed E-state index contributed by atoms with van der Waals surface area (Å²) in [6.45, 7) is 5.79. The number of aliphatic hydroxyl groups is 5. The molecule has 1 heterocycles. The van der Waals surface area contributed by atoms with E-state index >= 15 is 0 Å². The number of carbonyl (C=O) groups excluding carboxylic acids is 2. The molecule has 0 aliphatic carbocycles. The Kier molecular flexibility index (Phi) is 54.9. The van der Waals surface area contributed by atoms with Gasteiger partial charge in [0.1, 0.15) is 24.4 Å². The predicted molar refractivity (Wildman–Crippen MR) is 338 cm³/mol. The van der Waals surface area contributed by atoms with E-state index in [9.17, 15) is 35.1 Å². The molecule has 8 unspecified atom stereocenters. The van der Waals surface area contributed by atoms with Gasteiger partial charge in [-0.1, -0.05) is 301 Å². The zero-order valence-corrected chi connectivity index (χ0v) is 52.7. The van der Waals surface area contributed by atoms with Crippen LogP contribution in [0.4, 0.5) is 0 Å². The SMILES string of the molecule is CCCCC/C=C\C/C=C\C/C=C\CCCCCC(O)C(=O)NC(COC1OC(CO)C(O)C(O)C1OC(=O)CCCCCCCCCCCCCCCCCCCCCCCCC)C(O)/C=C/CCCCCCCCCCCCC. The van der Waals surface area contributed by atoms with Crippen LogP contribution in [0, 0.1) is 0 Å². The maximum atomic E-state index is 13.4. The molecule has 8 atom stereocenters. The molecular formula is C70H129NO10. The number of amides is 1. The van der Waals surface area contributed by atoms with E-state index in [0.717, 1.165) is 77.0 Å². The highest BCUT2D eigenvalue weighted by atomic mass is 16.7. The number of aliphatic hydroxyl groups excluding tert-OH is 5. The molecule has 1 fully saturated rings. The van der Waals surface area contributed by atoms with Crippen LogP contribution in [0.2, 0.25) is 0 Å². The van der Waals surface area contributed by atoms with Crippen molar-refractivity contribution in [2.75, 3.05) is 13.2 Å². The van der Waals surface area contributed by atoms with Crippen molar-refractivity contribution in [2.45, 2.75) is 372 Å². The molecule has 0 bridgehead atoms. The molecule has 81 heavy (non-hydrogen) atoms. The summed E-state index contributed by atoms with van der Waals surface area (Å²) in [5.74, 6) is -1.21. The minimum absolute atomic E-state index is 0.125. The first-order chi connectivity index (χ1) is 39.7. The standard InChI is InChI=1S/C70H129NO10/c1-4-7-10-13-16-19-22-25-27-29-30-31-32-33-34-35-37-40-43-46-49-52-55-58-65(75)81-68-67(77)66(76)64(59-72)80-70(68)79-60-61(62(73)56-53-50-47-44-41-38-24-21-18-15-12-9-6-3)71-69(78)63(74)57-54-51-48-45-42-39-36-28-26-23-20-17-14-11-8-5-2/h17,20,26,28,39,42,53,56,61-64,66-68,70,72-74,76-77H,4-16,18-19,21-25,27,29-38,40-41,43-52,54-55,57-60H2,1-3H3,(H,71,78)/b20-17-,28-26-,42-39-,56-53+. The minimum atomic E-state index is -1.62. The largest absolute Gasteiger partial charge is 0.454 e. The van der Waals surface area contributed by atoms with Crippen LogP contribution in [0.25, 0.3) is 0 Å². The Bertz CT molecular complexity index is 1500. The molecular weight excluding hydrogens is 1010 g/mol. The normalized spacial score (nSPS) is 18.9. The van der Waals surface area contributed by atoms with Crippen LogP contribution in [-0.4, -0.2) is 99.6 Å². The van der Waals surface area contributed by atoms with Crippen molar-refractivity contribution >= 4 is 11.9 Å². The van der Waals surface area contributed by atoms with E-state index in [-0.39, 0.29) is 19.4 Å². The van der Waals surface area contributed by atoms with E-state index in [2.05, 4.69) is 62.5 Å². The van der Waals surface area contributed by atoms with E-state index in [1.165, 1.54) is 199 Å². The summed E-state index contributed by atoms with van der Waals surface area (Å²) in [4.78, 5) is 26.6. The molecule has 11 heteroatoms. The second-order valence-electron chi connectivity index (χ2n) is 23.9. The van der Waals surface area contributed by atoms with Crippen LogP contribution in [0.1, 0.15) is 323 Å². The number of nitrogens with one attached hydrogen (secondary N) is 1. The van der Waals surface area contributed by atoms with Gasteiger partial charge >= 0.3 is 5.97 Å². The van der Waals surface area contributed by atoms with Crippen molar-refractivity contribution in [2.24, 2.45) is 0 Å². The summed E-state index contributed by atoms with van der Waals surface area (Å²) in [5.41, 5.74) is 0. The smallest absolute Gasteiger partial charge is 0.306 e. The Hall–Kier alpha value is -2.38. The van der Waals surface area contributed by atoms with Gasteiger partial charge in [-0.05, 0) is 64.2 Å². The maximum Gasteiger partial charge on any atom is 0.306 e. The minimum Gasteiger partial charge on any atom is -0.454 e. The predicted octanol–water partition coefficient (Wildman–Crippen LogP) is 17.2. The number of unbranched alkanes of at least 4 members (excludes halogenated alkanes) is 39. The number of hydrogen-bond donors (Lipinski definition) is 6. The molecule has 11 nitrogen and oxygen atoms in total. The highest BCUT2D eigenvalue weighted by Gasteiger charge is 2.47. The average molecular weight is 1140 g/mol. The van der Waals surface area contributed by atoms with E-state index in [1.807, 2.05) is 6.08 Å². The Morgan fingerprint density at radius 1 is 0.481 bits per heavy atom. The lowest BCUT2D eigenvalue weighted by atomic mass is 9.99. The fourth-order valence-electron chi connectivity index (χ4n) is 10.8. The van der Waals surface area contributed by atoms with Crippen molar-refractivity contribution in [3.63, 3.8) is 0 Å². The quantitative estimate of drug-likeness (QED) is 0.0195. The van der Waals surface area contributed by atoms with Crippen LogP contribution < -0.4 is 5.32 Å². The van der Waals surface area contributed by atoms with Gasteiger partial charge in [-0.15, -0.1) is 0 Å². The Morgan fingerprint density at radius 2 is 0.852 bits per heavy atom. The van der Waals surface area contributed by atoms with Crippen LogP contribution in [0.3, 0.4) is 0 Å². The molecule has 0 aromatic rings. The van der Waals surface area contributed by atoms with Gasteiger partial charge in [0.2, 0.25) is 5.91 Å². The Balaban J connectivity index is 2.61. The molecule has 1 saturated heterocycles. The van der Waals surface area contributed by atoms with Crippen molar-refractivity contribution in [3.8, 4) is 0 Å². The monoisotopic (exact) mass is 1140 g/mol. The molecule has 0 radical (unpaired) electrons. The molecule has 0 aromatic carbocycles. The topological polar surface area (TPSA) is 175 Å². The molecule has 1 rings (SSSR count). The first-order valence-electron chi connectivity index (χ1n) is 34.4. The van der Waals surface area contributed by atoms with Crippen LogP contribution in [0.5, 0.6) is 0 Å². The van der Waals surface area contributed by atoms with Gasteiger partial charge in [0, 0.05) is 6.42 Å². The van der Waals surface area contributed by atoms with Gasteiger partial charge in [0.15, 0.2) is 12.4 Å². The lowest BCUT2D eigenvalue weighted by Gasteiger charge is -2.41. The van der Waals surface area contributed by atoms with Gasteiger partial charge in [-0.25, -0.2) is 0 Å². The second-order valence-corrected chi connectivity index (χ2v) is 23.9. The number of rotatable bonds is 59. The first kappa shape index (κ1) is 76.6. The molecule has 1 amide bonds. The second kappa shape index (κ2) is 58.0. The lowest BCUT2D eigenvalue weighted by molar-refractivity contribution is -0.305. The summed E-state index contributed by atoms with van der Waals surface area (Å²) in [7, 11) is 0. The number of ether oxygens (including phenoxy) is 3. The van der Waals surface area contributed by atoms with Crippen LogP contribution >= 0.6 is 0 Å². The molecule has 0 aromatic heterocycles. The van der Waals surface area contributed by atoms with Crippen molar-refractivity contribution < 1.29 is 49.3 Å². The van der Waals surface area contributed by atoms with E-state index in [0.29, 0.717) is 12.8 Å². The summed E-state index contributed by atoms with van der Waals surface area (Å²) < 4.78 is 17.7. The summed E-state index contributed by atoms with van der Waals surface area (Å²) in [6, 6.07) is -1.04. The van der Waals surface area contributed by atoms with Gasteiger partial charge in [0.25, 0.3) is 0 Å². The zero-order chi connectivity index (χ0) is 58.9. The summed E-state index contributed by atoms with van der Waals surface area (Å²) in [5, 5.41) is 57.1. The van der Waals surface area contributed by atoms with Crippen molar-refractivity contribution in [1.29, 1.82) is 0 Å². The number of hydrogen-bond acceptors (Lipinski definition) is 10. The van der Waals surface area contributed by atoms with E-state index < -0.39 is 67.4 Å². The third-order valence-corrected chi connectivity index (χ3v) is 16.2. The number of allylic oxidation sites excluding steroid dienone is 7. The fraction of sp³-hybridized carbons (Fsp3) is 0.857. The lowest BCUT2D eigenvalue weighted by Crippen LogP contribution is -2.61. The van der Waals surface area contributed by atoms with E-state index in [1.54, 1.807) is 6.08 Å². The van der Waals surface area contributed by atoms with Crippen molar-refractivity contribution in [3.05, 3.63) is 48.6 Å². The van der Waals surface area contributed by atoms with E-state index in [4.69, 9.17) is 14.2 Å². The Labute approximate surface area is 497 Å². The third-order valence-electron chi connectivity index (χ3n) is 16.2. The first-order valence-corrected chi connectivity index (χ1v) is 34.4. The van der Waals surface area contributed by atoms with Gasteiger partial charge in [-0.3, -0.25) is 9.59 Å². The maximum absolute atomic E-state index is 13.4. The van der Waals surface area contributed by atoms with Gasteiger partial charge in [-0.2, -0.15) is 0 Å². The highest BCUT2D eigenvalue weighted by Crippen LogP contribution is 2.26. The summed E-state index contributed by atoms with van der Waals surface area (Å²) >= 11 is 0. The molecule has 1 aliphatic heterocycles. The highest BCUT2D eigenvalue weighted by molar-refractivity contribution is 5.80. The van der Waals surface area contributed by atoms with Crippen LogP contribution in [0.15, 0.2) is 48.6 Å². The van der Waals surface area contributed by atoms with Crippen molar-refractivity contribution in [1.82, 2.24) is 5.32 Å². The number of carbonyl (C=O) groups is 2. The van der Waals surface area contributed by atoms with Gasteiger partial charge in [0.05, 0.1) is 25.4 Å². The Morgan fingerprint density at radius 3 is 1.30 bits per heavy atom. The number of esters is 1. The summed E-state index contributed by atoms with van der Waals surface area (Å²) in [6.07, 6.45) is 61.5. The molecule has 474 valence electrons. The van der Waals surface area contributed by atoms with Crippen LogP contribution in [-0.2, 0) is 23.8 Å². The fourth-order valence-corrected chi connectivity index (χ4v) is 10.8. The van der Waals surface area contributed by atoms with Gasteiger partial charge < -0.3 is 45.1 Å². The molecule has 0 saturated carbocycles. The molecule has 0 spiro atoms. The molecule has 1 aliphatic rings. The third kappa shape index (κ3) is 45.6. The zero-order valence-electron chi connectivity index (χ0n) is 52.7.